The van der Waals surface area contributed by atoms with Crippen LogP contribution in [0.5, 0.6) is 0 Å². The molecule has 0 aliphatic heterocycles. The van der Waals surface area contributed by atoms with Gasteiger partial charge in [-0.3, -0.25) is 9.69 Å². The highest BCUT2D eigenvalue weighted by atomic mass is 16.1. The molecule has 0 atom stereocenters. The maximum atomic E-state index is 13.0. The molecule has 0 aromatic heterocycles. The van der Waals surface area contributed by atoms with Gasteiger partial charge in [0.15, 0.2) is 5.78 Å². The Morgan fingerprint density at radius 3 is 2.35 bits per heavy atom. The monoisotopic (exact) mass is 273 g/mol. The van der Waals surface area contributed by atoms with Crippen molar-refractivity contribution >= 4 is 5.78 Å². The number of rotatable bonds is 4. The van der Waals surface area contributed by atoms with Gasteiger partial charge in [0, 0.05) is 6.42 Å². The number of aryl methyl sites for hydroxylation is 1. The van der Waals surface area contributed by atoms with Crippen LogP contribution in [0.4, 0.5) is 0 Å². The van der Waals surface area contributed by atoms with Crippen molar-refractivity contribution in [2.45, 2.75) is 57.4 Å². The van der Waals surface area contributed by atoms with Crippen LogP contribution >= 0.6 is 0 Å². The predicted octanol–water partition coefficient (Wildman–Crippen LogP) is 3.76. The molecular weight excluding hydrogens is 246 g/mol. The lowest BCUT2D eigenvalue weighted by Gasteiger charge is -2.38. The zero-order chi connectivity index (χ0) is 14.6. The van der Waals surface area contributed by atoms with Gasteiger partial charge in [-0.05, 0) is 39.4 Å². The van der Waals surface area contributed by atoms with E-state index in [0.29, 0.717) is 12.2 Å². The molecule has 0 spiro atoms. The molecule has 0 amide bonds. The topological polar surface area (TPSA) is 20.3 Å². The molecule has 1 aromatic carbocycles. The summed E-state index contributed by atoms with van der Waals surface area (Å²) >= 11 is 0. The average molecular weight is 273 g/mol. The number of nitrogens with zero attached hydrogens (tertiary/aromatic N) is 1. The Morgan fingerprint density at radius 2 is 1.80 bits per heavy atom. The number of benzene rings is 1. The Morgan fingerprint density at radius 1 is 1.15 bits per heavy atom. The molecule has 0 heterocycles. The molecule has 2 rings (SSSR count). The fourth-order valence-electron chi connectivity index (χ4n) is 3.46. The first-order chi connectivity index (χ1) is 9.54. The highest BCUT2D eigenvalue weighted by molar-refractivity contribution is 5.90. The number of hydrogen-bond acceptors (Lipinski definition) is 2. The molecule has 1 saturated carbocycles. The van der Waals surface area contributed by atoms with Crippen LogP contribution in [0, 0.1) is 6.92 Å². The SMILES string of the molecule is Cc1cccc(CC(=O)C2(N(C)C)CCCCCC2)c1. The molecule has 1 aromatic rings. The Balaban J connectivity index is 2.18. The summed E-state index contributed by atoms with van der Waals surface area (Å²) in [5.41, 5.74) is 2.15. The number of hydrogen-bond donors (Lipinski definition) is 0. The Bertz CT molecular complexity index is 456. The fraction of sp³-hybridized carbons (Fsp3) is 0.611. The maximum Gasteiger partial charge on any atom is 0.157 e. The van der Waals surface area contributed by atoms with E-state index in [1.807, 2.05) is 6.07 Å². The Hall–Kier alpha value is -1.15. The van der Waals surface area contributed by atoms with Gasteiger partial charge < -0.3 is 0 Å². The molecule has 0 saturated heterocycles. The second-order valence-electron chi connectivity index (χ2n) is 6.43. The van der Waals surface area contributed by atoms with Crippen LogP contribution in [0.1, 0.15) is 49.7 Å². The largest absolute Gasteiger partial charge is 0.297 e. The molecule has 1 fully saturated rings. The van der Waals surface area contributed by atoms with Crippen LogP contribution in [-0.2, 0) is 11.2 Å². The number of ketones is 1. The van der Waals surface area contributed by atoms with Crippen molar-refractivity contribution in [2.75, 3.05) is 14.1 Å². The number of carbonyl (C=O) groups is 1. The normalized spacial score (nSPS) is 18.8. The molecule has 1 aliphatic rings. The highest BCUT2D eigenvalue weighted by Gasteiger charge is 2.39. The number of Topliss-reactive ketones (excluding diaryl/α,β-unsaturated/α-hetero) is 1. The van der Waals surface area contributed by atoms with E-state index in [2.05, 4.69) is 44.1 Å². The first-order valence-corrected chi connectivity index (χ1v) is 7.81. The van der Waals surface area contributed by atoms with Crippen LogP contribution in [0.3, 0.4) is 0 Å². The van der Waals surface area contributed by atoms with Crippen LogP contribution < -0.4 is 0 Å². The van der Waals surface area contributed by atoms with E-state index in [1.165, 1.54) is 31.2 Å². The van der Waals surface area contributed by atoms with E-state index in [9.17, 15) is 4.79 Å². The third-order valence-corrected chi connectivity index (χ3v) is 4.75. The molecule has 0 bridgehead atoms. The molecule has 20 heavy (non-hydrogen) atoms. The molecule has 0 unspecified atom stereocenters. The van der Waals surface area contributed by atoms with Crippen LogP contribution in [0.2, 0.25) is 0 Å². The third kappa shape index (κ3) is 3.29. The minimum Gasteiger partial charge on any atom is -0.297 e. The van der Waals surface area contributed by atoms with Crippen molar-refractivity contribution in [3.8, 4) is 0 Å². The second-order valence-corrected chi connectivity index (χ2v) is 6.43. The lowest BCUT2D eigenvalue weighted by molar-refractivity contribution is -0.130. The van der Waals surface area contributed by atoms with Crippen molar-refractivity contribution < 1.29 is 4.79 Å². The molecule has 0 radical (unpaired) electrons. The van der Waals surface area contributed by atoms with Gasteiger partial charge in [-0.15, -0.1) is 0 Å². The van der Waals surface area contributed by atoms with Gasteiger partial charge in [-0.25, -0.2) is 0 Å². The van der Waals surface area contributed by atoms with Gasteiger partial charge in [-0.1, -0.05) is 55.5 Å². The lowest BCUT2D eigenvalue weighted by atomic mass is 9.82. The summed E-state index contributed by atoms with van der Waals surface area (Å²) in [5.74, 6) is 0.398. The molecule has 110 valence electrons. The van der Waals surface area contributed by atoms with Gasteiger partial charge in [-0.2, -0.15) is 0 Å². The van der Waals surface area contributed by atoms with Gasteiger partial charge >= 0.3 is 0 Å². The molecule has 1 aliphatic carbocycles. The summed E-state index contributed by atoms with van der Waals surface area (Å²) in [5, 5.41) is 0. The summed E-state index contributed by atoms with van der Waals surface area (Å²) in [7, 11) is 4.14. The molecular formula is C18H27NO. The van der Waals surface area contributed by atoms with E-state index in [0.717, 1.165) is 18.4 Å². The number of likely N-dealkylation sites (N-methyl/N-ethyl adjacent to an activating group) is 1. The van der Waals surface area contributed by atoms with Crippen LogP contribution in [-0.4, -0.2) is 30.3 Å². The summed E-state index contributed by atoms with van der Waals surface area (Å²) in [6.07, 6.45) is 7.51. The van der Waals surface area contributed by atoms with E-state index in [1.54, 1.807) is 0 Å². The van der Waals surface area contributed by atoms with Crippen molar-refractivity contribution in [1.82, 2.24) is 4.90 Å². The van der Waals surface area contributed by atoms with Crippen molar-refractivity contribution in [3.63, 3.8) is 0 Å². The van der Waals surface area contributed by atoms with E-state index < -0.39 is 0 Å². The Labute approximate surface area is 123 Å². The predicted molar refractivity (Wildman–Crippen MR) is 84.0 cm³/mol. The minimum atomic E-state index is -0.236. The Kier molecular flexibility index (Phi) is 4.98. The fourth-order valence-corrected chi connectivity index (χ4v) is 3.46. The van der Waals surface area contributed by atoms with E-state index in [4.69, 9.17) is 0 Å². The standard InChI is InChI=1S/C18H27NO/c1-15-9-8-10-16(13-15)14-17(20)18(19(2)3)11-6-4-5-7-12-18/h8-10,13H,4-7,11-12,14H2,1-3H3. The zero-order valence-electron chi connectivity index (χ0n) is 13.1. The summed E-state index contributed by atoms with van der Waals surface area (Å²) in [4.78, 5) is 15.1. The van der Waals surface area contributed by atoms with Gasteiger partial charge in [0.2, 0.25) is 0 Å². The lowest BCUT2D eigenvalue weighted by Crippen LogP contribution is -2.51. The first-order valence-electron chi connectivity index (χ1n) is 7.81. The smallest absolute Gasteiger partial charge is 0.157 e. The molecule has 2 heteroatoms. The number of carbonyl (C=O) groups excluding carboxylic acids is 1. The third-order valence-electron chi connectivity index (χ3n) is 4.75. The van der Waals surface area contributed by atoms with E-state index >= 15 is 0 Å². The maximum absolute atomic E-state index is 13.0. The average Bonchev–Trinajstić information content (AvgIpc) is 2.65. The quantitative estimate of drug-likeness (QED) is 0.779. The van der Waals surface area contributed by atoms with Crippen molar-refractivity contribution in [3.05, 3.63) is 35.4 Å². The summed E-state index contributed by atoms with van der Waals surface area (Å²) in [6, 6.07) is 8.34. The van der Waals surface area contributed by atoms with Crippen molar-refractivity contribution in [1.29, 1.82) is 0 Å². The van der Waals surface area contributed by atoms with Gasteiger partial charge in [0.25, 0.3) is 0 Å². The van der Waals surface area contributed by atoms with Gasteiger partial charge in [0.1, 0.15) is 0 Å². The second kappa shape index (κ2) is 6.53. The summed E-state index contributed by atoms with van der Waals surface area (Å²) in [6.45, 7) is 2.08. The van der Waals surface area contributed by atoms with E-state index in [-0.39, 0.29) is 5.54 Å². The van der Waals surface area contributed by atoms with Crippen molar-refractivity contribution in [2.24, 2.45) is 0 Å². The van der Waals surface area contributed by atoms with Gasteiger partial charge in [0.05, 0.1) is 5.54 Å². The highest BCUT2D eigenvalue weighted by Crippen LogP contribution is 2.33. The van der Waals surface area contributed by atoms with Crippen LogP contribution in [0.15, 0.2) is 24.3 Å². The minimum absolute atomic E-state index is 0.236. The molecule has 2 nitrogen and oxygen atoms in total. The van der Waals surface area contributed by atoms with Crippen LogP contribution in [0.25, 0.3) is 0 Å². The summed E-state index contributed by atoms with van der Waals surface area (Å²) < 4.78 is 0. The molecule has 0 N–H and O–H groups in total. The zero-order valence-corrected chi connectivity index (χ0v) is 13.1. The first kappa shape index (κ1) is 15.2.